The third-order valence-electron chi connectivity index (χ3n) is 4.71. The first-order valence-corrected chi connectivity index (χ1v) is 9.47. The Morgan fingerprint density at radius 1 is 1.22 bits per heavy atom. The molecule has 0 bridgehead atoms. The number of hydrogen-bond donors (Lipinski definition) is 1. The Balaban J connectivity index is 1.71. The maximum absolute atomic E-state index is 12.3. The summed E-state index contributed by atoms with van der Waals surface area (Å²) in [5.74, 6) is -0.421. The van der Waals surface area contributed by atoms with Gasteiger partial charge < -0.3 is 10.2 Å². The third-order valence-corrected chi connectivity index (χ3v) is 5.08. The largest absolute Gasteiger partial charge is 0.389 e. The van der Waals surface area contributed by atoms with E-state index in [2.05, 4.69) is 5.32 Å². The molecule has 0 unspecified atom stereocenters. The molecule has 1 heterocycles. The Morgan fingerprint density at radius 2 is 1.96 bits per heavy atom. The Labute approximate surface area is 162 Å². The van der Waals surface area contributed by atoms with E-state index in [9.17, 15) is 22.8 Å². The minimum Gasteiger partial charge on any atom is -0.352 e. The van der Waals surface area contributed by atoms with Gasteiger partial charge in [0, 0.05) is 37.5 Å². The van der Waals surface area contributed by atoms with Crippen molar-refractivity contribution in [1.82, 2.24) is 10.2 Å². The molecule has 1 saturated heterocycles. The van der Waals surface area contributed by atoms with Gasteiger partial charge in [0.25, 0.3) is 0 Å². The van der Waals surface area contributed by atoms with Crippen molar-refractivity contribution < 1.29 is 22.8 Å². The van der Waals surface area contributed by atoms with E-state index in [4.69, 9.17) is 11.6 Å². The monoisotopic (exact) mass is 404 g/mol. The SMILES string of the molecule is O=C(CC[C@H]1CCCN(C(=O)CCC(F)(F)F)C1)NCc1ccccc1Cl. The summed E-state index contributed by atoms with van der Waals surface area (Å²) in [6.07, 6.45) is -3.35. The summed E-state index contributed by atoms with van der Waals surface area (Å²) in [7, 11) is 0. The van der Waals surface area contributed by atoms with E-state index in [0.717, 1.165) is 18.4 Å². The summed E-state index contributed by atoms with van der Waals surface area (Å²) in [5, 5.41) is 3.42. The van der Waals surface area contributed by atoms with Crippen LogP contribution in [0.3, 0.4) is 0 Å². The normalized spacial score (nSPS) is 17.6. The number of carbonyl (C=O) groups is 2. The molecule has 27 heavy (non-hydrogen) atoms. The topological polar surface area (TPSA) is 49.4 Å². The fraction of sp³-hybridized carbons (Fsp3) is 0.579. The Morgan fingerprint density at radius 3 is 2.67 bits per heavy atom. The first-order chi connectivity index (χ1) is 12.7. The standard InChI is InChI=1S/C19H24ClF3N2O2/c20-16-6-2-1-5-15(16)12-24-17(26)8-7-14-4-3-11-25(13-14)18(27)9-10-19(21,22)23/h1-2,5-6,14H,3-4,7-13H2,(H,24,26)/t14-/m1/s1. The van der Waals surface area contributed by atoms with Crippen LogP contribution in [0.25, 0.3) is 0 Å². The lowest BCUT2D eigenvalue weighted by atomic mass is 9.93. The van der Waals surface area contributed by atoms with Gasteiger partial charge >= 0.3 is 6.18 Å². The van der Waals surface area contributed by atoms with Gasteiger partial charge in [-0.25, -0.2) is 0 Å². The molecule has 1 atom stereocenters. The quantitative estimate of drug-likeness (QED) is 0.735. The molecule has 1 aromatic carbocycles. The van der Waals surface area contributed by atoms with Crippen molar-refractivity contribution in [3.05, 3.63) is 34.9 Å². The molecule has 0 aromatic heterocycles. The molecule has 1 aromatic rings. The fourth-order valence-corrected chi connectivity index (χ4v) is 3.40. The van der Waals surface area contributed by atoms with Crippen molar-refractivity contribution >= 4 is 23.4 Å². The zero-order chi connectivity index (χ0) is 19.9. The predicted molar refractivity (Wildman–Crippen MR) is 97.1 cm³/mol. The molecule has 150 valence electrons. The van der Waals surface area contributed by atoms with Gasteiger partial charge in [0.1, 0.15) is 0 Å². The summed E-state index contributed by atoms with van der Waals surface area (Å²) in [6, 6.07) is 7.27. The molecule has 0 aliphatic carbocycles. The molecule has 0 saturated carbocycles. The second kappa shape index (κ2) is 9.97. The van der Waals surface area contributed by atoms with Gasteiger partial charge in [-0.05, 0) is 36.8 Å². The first-order valence-electron chi connectivity index (χ1n) is 9.09. The molecule has 2 amide bonds. The second-order valence-electron chi connectivity index (χ2n) is 6.87. The number of halogens is 4. The summed E-state index contributed by atoms with van der Waals surface area (Å²) in [4.78, 5) is 25.5. The number of nitrogens with zero attached hydrogens (tertiary/aromatic N) is 1. The molecular formula is C19H24ClF3N2O2. The number of benzene rings is 1. The van der Waals surface area contributed by atoms with Crippen molar-refractivity contribution in [3.63, 3.8) is 0 Å². The summed E-state index contributed by atoms with van der Waals surface area (Å²) in [5.41, 5.74) is 0.839. The number of alkyl halides is 3. The smallest absolute Gasteiger partial charge is 0.352 e. The lowest BCUT2D eigenvalue weighted by molar-refractivity contribution is -0.150. The van der Waals surface area contributed by atoms with Crippen LogP contribution < -0.4 is 5.32 Å². The molecule has 1 N–H and O–H groups in total. The Bertz CT molecular complexity index is 652. The van der Waals surface area contributed by atoms with Crippen LogP contribution in [0.4, 0.5) is 13.2 Å². The highest BCUT2D eigenvalue weighted by atomic mass is 35.5. The molecule has 1 aliphatic heterocycles. The van der Waals surface area contributed by atoms with Crippen LogP contribution in [-0.4, -0.2) is 36.0 Å². The van der Waals surface area contributed by atoms with Gasteiger partial charge in [0.05, 0.1) is 6.42 Å². The zero-order valence-electron chi connectivity index (χ0n) is 15.0. The van der Waals surface area contributed by atoms with Crippen molar-refractivity contribution in [3.8, 4) is 0 Å². The number of hydrogen-bond acceptors (Lipinski definition) is 2. The van der Waals surface area contributed by atoms with E-state index in [1.165, 1.54) is 4.90 Å². The Kier molecular flexibility index (Phi) is 7.95. The highest BCUT2D eigenvalue weighted by Gasteiger charge is 2.30. The minimum atomic E-state index is -4.31. The van der Waals surface area contributed by atoms with E-state index < -0.39 is 24.9 Å². The minimum absolute atomic E-state index is 0.101. The highest BCUT2D eigenvalue weighted by molar-refractivity contribution is 6.31. The van der Waals surface area contributed by atoms with Crippen LogP contribution in [0.5, 0.6) is 0 Å². The van der Waals surface area contributed by atoms with Gasteiger partial charge in [0.2, 0.25) is 11.8 Å². The summed E-state index contributed by atoms with van der Waals surface area (Å²) >= 11 is 6.05. The fourth-order valence-electron chi connectivity index (χ4n) is 3.19. The number of rotatable bonds is 7. The maximum atomic E-state index is 12.3. The predicted octanol–water partition coefficient (Wildman–Crippen LogP) is 4.32. The zero-order valence-corrected chi connectivity index (χ0v) is 15.8. The molecule has 1 fully saturated rings. The molecular weight excluding hydrogens is 381 g/mol. The lowest BCUT2D eigenvalue weighted by Crippen LogP contribution is -2.40. The van der Waals surface area contributed by atoms with E-state index >= 15 is 0 Å². The van der Waals surface area contributed by atoms with Crippen molar-refractivity contribution in [2.45, 2.75) is 51.2 Å². The van der Waals surface area contributed by atoms with Gasteiger partial charge in [-0.15, -0.1) is 0 Å². The molecule has 0 spiro atoms. The van der Waals surface area contributed by atoms with Gasteiger partial charge in [-0.2, -0.15) is 13.2 Å². The molecule has 4 nitrogen and oxygen atoms in total. The van der Waals surface area contributed by atoms with Crippen molar-refractivity contribution in [1.29, 1.82) is 0 Å². The third kappa shape index (κ3) is 7.79. The van der Waals surface area contributed by atoms with Crippen LogP contribution in [-0.2, 0) is 16.1 Å². The number of amides is 2. The van der Waals surface area contributed by atoms with E-state index in [0.29, 0.717) is 37.5 Å². The van der Waals surface area contributed by atoms with Crippen molar-refractivity contribution in [2.24, 2.45) is 5.92 Å². The molecule has 8 heteroatoms. The lowest BCUT2D eigenvalue weighted by Gasteiger charge is -2.33. The summed E-state index contributed by atoms with van der Waals surface area (Å²) in [6.45, 7) is 1.27. The highest BCUT2D eigenvalue weighted by Crippen LogP contribution is 2.25. The van der Waals surface area contributed by atoms with Gasteiger partial charge in [0.15, 0.2) is 0 Å². The van der Waals surface area contributed by atoms with Crippen LogP contribution in [0.1, 0.15) is 44.1 Å². The average Bonchev–Trinajstić information content (AvgIpc) is 2.63. The second-order valence-corrected chi connectivity index (χ2v) is 7.28. The molecule has 2 rings (SSSR count). The van der Waals surface area contributed by atoms with Crippen molar-refractivity contribution in [2.75, 3.05) is 13.1 Å². The van der Waals surface area contributed by atoms with Crippen LogP contribution in [0.2, 0.25) is 5.02 Å². The Hall–Kier alpha value is -1.76. The van der Waals surface area contributed by atoms with Gasteiger partial charge in [-0.3, -0.25) is 9.59 Å². The number of likely N-dealkylation sites (tertiary alicyclic amines) is 1. The van der Waals surface area contributed by atoms with Gasteiger partial charge in [-0.1, -0.05) is 29.8 Å². The maximum Gasteiger partial charge on any atom is 0.389 e. The van der Waals surface area contributed by atoms with E-state index in [1.807, 2.05) is 18.2 Å². The van der Waals surface area contributed by atoms with E-state index in [1.54, 1.807) is 6.07 Å². The average molecular weight is 405 g/mol. The number of piperidine rings is 1. The molecule has 0 radical (unpaired) electrons. The molecule has 1 aliphatic rings. The number of nitrogens with one attached hydrogen (secondary N) is 1. The summed E-state index contributed by atoms with van der Waals surface area (Å²) < 4.78 is 36.8. The van der Waals surface area contributed by atoms with Crippen LogP contribution >= 0.6 is 11.6 Å². The van der Waals surface area contributed by atoms with Crippen LogP contribution in [0.15, 0.2) is 24.3 Å². The first kappa shape index (κ1) is 21.5. The van der Waals surface area contributed by atoms with Crippen LogP contribution in [0, 0.1) is 5.92 Å². The van der Waals surface area contributed by atoms with E-state index in [-0.39, 0.29) is 11.8 Å². The number of carbonyl (C=O) groups excluding carboxylic acids is 2.